The van der Waals surface area contributed by atoms with Gasteiger partial charge in [-0.2, -0.15) is 0 Å². The van der Waals surface area contributed by atoms with Crippen LogP contribution >= 0.6 is 0 Å². The van der Waals surface area contributed by atoms with Crippen LogP contribution in [0.15, 0.2) is 24.3 Å². The summed E-state index contributed by atoms with van der Waals surface area (Å²) in [7, 11) is 3.35. The van der Waals surface area contributed by atoms with Gasteiger partial charge in [-0.15, -0.1) is 0 Å². The predicted molar refractivity (Wildman–Crippen MR) is 65.2 cm³/mol. The predicted octanol–water partition coefficient (Wildman–Crippen LogP) is 1.02. The van der Waals surface area contributed by atoms with E-state index in [0.29, 0.717) is 6.61 Å². The van der Waals surface area contributed by atoms with Crippen molar-refractivity contribution >= 4 is 5.69 Å². The topological polar surface area (TPSA) is 56.5 Å². The van der Waals surface area contributed by atoms with Crippen LogP contribution in [0.25, 0.3) is 0 Å². The number of para-hydroxylation sites is 1. The first-order chi connectivity index (χ1) is 7.77. The molecule has 0 amide bonds. The highest BCUT2D eigenvalue weighted by molar-refractivity contribution is 5.46. The van der Waals surface area contributed by atoms with Crippen LogP contribution in [0.5, 0.6) is 0 Å². The SMILES string of the molecule is COCC(CNCc1ccccc1N)OC. The normalized spacial score (nSPS) is 12.6. The maximum atomic E-state index is 5.83. The summed E-state index contributed by atoms with van der Waals surface area (Å²) in [6, 6.07) is 7.83. The molecule has 0 heterocycles. The van der Waals surface area contributed by atoms with Gasteiger partial charge >= 0.3 is 0 Å². The molecular weight excluding hydrogens is 204 g/mol. The van der Waals surface area contributed by atoms with Crippen LogP contribution in [-0.4, -0.2) is 33.5 Å². The molecule has 1 aromatic carbocycles. The third kappa shape index (κ3) is 4.18. The van der Waals surface area contributed by atoms with E-state index in [2.05, 4.69) is 5.32 Å². The number of hydrogen-bond donors (Lipinski definition) is 2. The highest BCUT2D eigenvalue weighted by Gasteiger charge is 2.06. The summed E-state index contributed by atoms with van der Waals surface area (Å²) in [4.78, 5) is 0. The summed E-state index contributed by atoms with van der Waals surface area (Å²) in [5.41, 5.74) is 7.75. The van der Waals surface area contributed by atoms with E-state index in [1.54, 1.807) is 14.2 Å². The van der Waals surface area contributed by atoms with Crippen molar-refractivity contribution in [3.05, 3.63) is 29.8 Å². The van der Waals surface area contributed by atoms with E-state index in [-0.39, 0.29) is 6.10 Å². The zero-order valence-corrected chi connectivity index (χ0v) is 9.90. The summed E-state index contributed by atoms with van der Waals surface area (Å²) in [5, 5.41) is 3.29. The van der Waals surface area contributed by atoms with Crippen LogP contribution < -0.4 is 11.1 Å². The van der Waals surface area contributed by atoms with Gasteiger partial charge in [0.15, 0.2) is 0 Å². The van der Waals surface area contributed by atoms with Gasteiger partial charge in [-0.25, -0.2) is 0 Å². The fraction of sp³-hybridized carbons (Fsp3) is 0.500. The molecule has 0 aliphatic heterocycles. The van der Waals surface area contributed by atoms with Gasteiger partial charge in [0.2, 0.25) is 0 Å². The van der Waals surface area contributed by atoms with Crippen molar-refractivity contribution in [3.8, 4) is 0 Å². The summed E-state index contributed by atoms with van der Waals surface area (Å²) in [6.07, 6.45) is 0.0786. The van der Waals surface area contributed by atoms with Crippen molar-refractivity contribution in [1.82, 2.24) is 5.32 Å². The van der Waals surface area contributed by atoms with E-state index in [1.807, 2.05) is 24.3 Å². The fourth-order valence-electron chi connectivity index (χ4n) is 1.46. The third-order valence-electron chi connectivity index (χ3n) is 2.43. The number of rotatable bonds is 7. The van der Waals surface area contributed by atoms with Crippen molar-refractivity contribution < 1.29 is 9.47 Å². The van der Waals surface area contributed by atoms with Gasteiger partial charge in [-0.1, -0.05) is 18.2 Å². The van der Waals surface area contributed by atoms with Crippen LogP contribution in [0.4, 0.5) is 5.69 Å². The molecular formula is C12H20N2O2. The number of anilines is 1. The van der Waals surface area contributed by atoms with Gasteiger partial charge in [0.05, 0.1) is 12.7 Å². The van der Waals surface area contributed by atoms with Gasteiger partial charge in [0.25, 0.3) is 0 Å². The van der Waals surface area contributed by atoms with Crippen LogP contribution in [-0.2, 0) is 16.0 Å². The van der Waals surface area contributed by atoms with E-state index in [9.17, 15) is 0 Å². The molecule has 0 aromatic heterocycles. The molecule has 1 atom stereocenters. The lowest BCUT2D eigenvalue weighted by atomic mass is 10.2. The lowest BCUT2D eigenvalue weighted by Gasteiger charge is -2.15. The summed E-state index contributed by atoms with van der Waals surface area (Å²) < 4.78 is 10.3. The molecule has 0 spiro atoms. The number of hydrogen-bond acceptors (Lipinski definition) is 4. The number of nitrogen functional groups attached to an aromatic ring is 1. The van der Waals surface area contributed by atoms with Gasteiger partial charge in [-0.3, -0.25) is 0 Å². The van der Waals surface area contributed by atoms with Crippen LogP contribution in [0.3, 0.4) is 0 Å². The lowest BCUT2D eigenvalue weighted by molar-refractivity contribution is 0.0288. The average molecular weight is 224 g/mol. The highest BCUT2D eigenvalue weighted by atomic mass is 16.5. The van der Waals surface area contributed by atoms with Crippen LogP contribution in [0.1, 0.15) is 5.56 Å². The molecule has 0 aliphatic carbocycles. The number of ether oxygens (including phenoxy) is 2. The first-order valence-corrected chi connectivity index (χ1v) is 5.33. The monoisotopic (exact) mass is 224 g/mol. The Kier molecular flexibility index (Phi) is 5.85. The Morgan fingerprint density at radius 1 is 1.31 bits per heavy atom. The van der Waals surface area contributed by atoms with E-state index < -0.39 is 0 Å². The molecule has 16 heavy (non-hydrogen) atoms. The fourth-order valence-corrected chi connectivity index (χ4v) is 1.46. The second-order valence-electron chi connectivity index (χ2n) is 3.64. The molecule has 4 heteroatoms. The molecule has 0 radical (unpaired) electrons. The molecule has 0 saturated carbocycles. The van der Waals surface area contributed by atoms with Crippen molar-refractivity contribution in [1.29, 1.82) is 0 Å². The largest absolute Gasteiger partial charge is 0.398 e. The first kappa shape index (κ1) is 13.0. The molecule has 0 fully saturated rings. The minimum atomic E-state index is 0.0786. The van der Waals surface area contributed by atoms with Gasteiger partial charge in [0, 0.05) is 33.0 Å². The molecule has 90 valence electrons. The Labute approximate surface area is 96.7 Å². The molecule has 1 aromatic rings. The van der Waals surface area contributed by atoms with Crippen molar-refractivity contribution in [2.24, 2.45) is 0 Å². The highest BCUT2D eigenvalue weighted by Crippen LogP contribution is 2.09. The molecule has 0 aliphatic rings. The van der Waals surface area contributed by atoms with E-state index in [1.165, 1.54) is 0 Å². The molecule has 1 rings (SSSR count). The smallest absolute Gasteiger partial charge is 0.0928 e. The van der Waals surface area contributed by atoms with Gasteiger partial charge in [-0.05, 0) is 11.6 Å². The molecule has 4 nitrogen and oxygen atoms in total. The van der Waals surface area contributed by atoms with Gasteiger partial charge in [0.1, 0.15) is 0 Å². The van der Waals surface area contributed by atoms with Crippen molar-refractivity contribution in [3.63, 3.8) is 0 Å². The third-order valence-corrected chi connectivity index (χ3v) is 2.43. The lowest BCUT2D eigenvalue weighted by Crippen LogP contribution is -2.31. The second-order valence-corrected chi connectivity index (χ2v) is 3.64. The van der Waals surface area contributed by atoms with Crippen LogP contribution in [0, 0.1) is 0 Å². The number of nitrogens with one attached hydrogen (secondary N) is 1. The number of methoxy groups -OCH3 is 2. The summed E-state index contributed by atoms with van der Waals surface area (Å²) >= 11 is 0. The Hall–Kier alpha value is -1.10. The number of benzene rings is 1. The summed E-state index contributed by atoms with van der Waals surface area (Å²) in [6.45, 7) is 2.09. The Bertz CT molecular complexity index is 305. The zero-order chi connectivity index (χ0) is 11.8. The van der Waals surface area contributed by atoms with Crippen LogP contribution in [0.2, 0.25) is 0 Å². The van der Waals surface area contributed by atoms with E-state index in [4.69, 9.17) is 15.2 Å². The van der Waals surface area contributed by atoms with E-state index in [0.717, 1.165) is 24.3 Å². The molecule has 0 saturated heterocycles. The Morgan fingerprint density at radius 3 is 2.69 bits per heavy atom. The maximum Gasteiger partial charge on any atom is 0.0928 e. The van der Waals surface area contributed by atoms with Crippen molar-refractivity contribution in [2.45, 2.75) is 12.6 Å². The minimum absolute atomic E-state index is 0.0786. The quantitative estimate of drug-likeness (QED) is 0.679. The summed E-state index contributed by atoms with van der Waals surface area (Å²) in [5.74, 6) is 0. The molecule has 1 unspecified atom stereocenters. The minimum Gasteiger partial charge on any atom is -0.398 e. The first-order valence-electron chi connectivity index (χ1n) is 5.33. The average Bonchev–Trinajstić information content (AvgIpc) is 2.30. The maximum absolute atomic E-state index is 5.83. The van der Waals surface area contributed by atoms with Gasteiger partial charge < -0.3 is 20.5 Å². The van der Waals surface area contributed by atoms with Crippen molar-refractivity contribution in [2.75, 3.05) is 33.1 Å². The zero-order valence-electron chi connectivity index (χ0n) is 9.90. The standard InChI is InChI=1S/C12H20N2O2/c1-15-9-11(16-2)8-14-7-10-5-3-4-6-12(10)13/h3-6,11,14H,7-9,13H2,1-2H3. The Balaban J connectivity index is 2.32. The second kappa shape index (κ2) is 7.22. The molecule has 0 bridgehead atoms. The molecule has 3 N–H and O–H groups in total. The van der Waals surface area contributed by atoms with E-state index >= 15 is 0 Å². The Morgan fingerprint density at radius 2 is 2.06 bits per heavy atom. The number of nitrogens with two attached hydrogens (primary N) is 1.